The van der Waals surface area contributed by atoms with Gasteiger partial charge >= 0.3 is 5.97 Å². The molecule has 3 aliphatic rings. The lowest BCUT2D eigenvalue weighted by Gasteiger charge is -2.18. The van der Waals surface area contributed by atoms with E-state index < -0.39 is 12.1 Å². The van der Waals surface area contributed by atoms with Crippen molar-refractivity contribution in [3.05, 3.63) is 107 Å². The van der Waals surface area contributed by atoms with Crippen molar-refractivity contribution in [2.45, 2.75) is 33.3 Å². The van der Waals surface area contributed by atoms with Crippen LogP contribution in [-0.2, 0) is 14.3 Å². The summed E-state index contributed by atoms with van der Waals surface area (Å²) in [7, 11) is 0. The number of anilines is 1. The van der Waals surface area contributed by atoms with Gasteiger partial charge in [0.05, 0.1) is 34.3 Å². The van der Waals surface area contributed by atoms with Crippen LogP contribution in [0.1, 0.15) is 45.2 Å². The number of para-hydroxylation sites is 1. The number of Topliss-reactive ketones (excluding diaryl/α,β-unsaturated/α-hetero) is 1. The zero-order valence-electron chi connectivity index (χ0n) is 24.1. The monoisotopic (exact) mass is 570 g/mol. The summed E-state index contributed by atoms with van der Waals surface area (Å²) in [5.41, 5.74) is 5.13. The van der Waals surface area contributed by atoms with Gasteiger partial charge in [-0.05, 0) is 62.8 Å². The molecule has 4 aromatic rings. The summed E-state index contributed by atoms with van der Waals surface area (Å²) in [6.07, 6.45) is 4.07. The molecule has 7 nitrogen and oxygen atoms in total. The van der Waals surface area contributed by atoms with Crippen molar-refractivity contribution in [2.75, 3.05) is 4.90 Å². The van der Waals surface area contributed by atoms with Gasteiger partial charge in [-0.15, -0.1) is 0 Å². The fraction of sp³-hybridized carbons (Fsp3) is 0.250. The lowest BCUT2D eigenvalue weighted by Crippen LogP contribution is -2.32. The number of ketones is 1. The summed E-state index contributed by atoms with van der Waals surface area (Å²) in [6.45, 7) is 5.44. The molecule has 1 saturated heterocycles. The predicted octanol–water partition coefficient (Wildman–Crippen LogP) is 6.26. The molecule has 0 spiro atoms. The van der Waals surface area contributed by atoms with Gasteiger partial charge < -0.3 is 4.74 Å². The minimum Gasteiger partial charge on any atom is -0.451 e. The maximum atomic E-state index is 13.5. The van der Waals surface area contributed by atoms with Crippen LogP contribution in [-0.4, -0.2) is 34.7 Å². The number of fused-ring (bicyclic) bond motifs is 6. The van der Waals surface area contributed by atoms with Crippen molar-refractivity contribution in [3.8, 4) is 11.3 Å². The van der Waals surface area contributed by atoms with Gasteiger partial charge in [0.25, 0.3) is 0 Å². The highest BCUT2D eigenvalue weighted by atomic mass is 16.5. The van der Waals surface area contributed by atoms with Crippen LogP contribution in [0, 0.1) is 37.5 Å². The van der Waals surface area contributed by atoms with E-state index in [1.807, 2.05) is 56.3 Å². The van der Waals surface area contributed by atoms with Gasteiger partial charge in [0.2, 0.25) is 17.6 Å². The molecule has 7 heteroatoms. The highest BCUT2D eigenvalue weighted by molar-refractivity contribution is 6.23. The molecule has 5 atom stereocenters. The Labute approximate surface area is 249 Å². The fourth-order valence-corrected chi connectivity index (χ4v) is 6.88. The largest absolute Gasteiger partial charge is 0.451 e. The van der Waals surface area contributed by atoms with Crippen LogP contribution in [0.3, 0.4) is 0 Å². The van der Waals surface area contributed by atoms with E-state index >= 15 is 0 Å². The van der Waals surface area contributed by atoms with E-state index in [2.05, 4.69) is 12.2 Å². The van der Waals surface area contributed by atoms with Crippen LogP contribution in [0.5, 0.6) is 0 Å². The molecule has 2 heterocycles. The summed E-state index contributed by atoms with van der Waals surface area (Å²) in [4.78, 5) is 59.2. The summed E-state index contributed by atoms with van der Waals surface area (Å²) < 4.78 is 5.69. The molecule has 2 fully saturated rings. The summed E-state index contributed by atoms with van der Waals surface area (Å²) in [5, 5.41) is 0.628. The van der Waals surface area contributed by atoms with Gasteiger partial charge in [0.15, 0.2) is 6.10 Å². The molecule has 0 unspecified atom stereocenters. The third kappa shape index (κ3) is 4.38. The van der Waals surface area contributed by atoms with Crippen LogP contribution in [0.2, 0.25) is 0 Å². The second-order valence-electron chi connectivity index (χ2n) is 11.9. The number of amides is 2. The molecule has 0 radical (unpaired) electrons. The highest BCUT2D eigenvalue weighted by Crippen LogP contribution is 2.53. The minimum absolute atomic E-state index is 0.126. The van der Waals surface area contributed by atoms with Crippen LogP contribution in [0.15, 0.2) is 84.9 Å². The number of pyridine rings is 1. The van der Waals surface area contributed by atoms with Gasteiger partial charge in [-0.3, -0.25) is 19.3 Å². The molecule has 1 aromatic heterocycles. The van der Waals surface area contributed by atoms with Crippen molar-refractivity contribution in [3.63, 3.8) is 0 Å². The van der Waals surface area contributed by atoms with Gasteiger partial charge in [0, 0.05) is 16.5 Å². The number of benzene rings is 3. The first kappa shape index (κ1) is 27.0. The number of esters is 1. The summed E-state index contributed by atoms with van der Waals surface area (Å²) >= 11 is 0. The first-order valence-electron chi connectivity index (χ1n) is 14.6. The van der Waals surface area contributed by atoms with Crippen molar-refractivity contribution >= 4 is 40.2 Å². The smallest absolute Gasteiger partial charge is 0.339 e. The number of carbonyl (C=O) groups is 4. The number of imide groups is 1. The average molecular weight is 571 g/mol. The molecule has 3 aromatic carbocycles. The standard InChI is InChI=1S/C36H30N2O5/c1-19-7-9-23(10-8-19)33(39)21(3)43-36(42)28-18-29(37-32-20(2)5-4-6-27(28)32)22-13-15-26(16-14-22)38-34(40)30-24-11-12-25(17-24)31(30)35(38)41/h4-16,18,21,24-25,30-31H,17H2,1-3H3/t21-,24-,25-,30-,31-/m0/s1. The second-order valence-corrected chi connectivity index (χ2v) is 11.9. The average Bonchev–Trinajstić information content (AvgIpc) is 3.70. The topological polar surface area (TPSA) is 93.6 Å². The SMILES string of the molecule is Cc1ccc(C(=O)[C@H](C)OC(=O)c2cc(-c3ccc(N4C(=O)[C@@H]5[C@@H](C4=O)[C@H]4C=C[C@H]5C4)cc3)nc3c(C)cccc23)cc1. The van der Waals surface area contributed by atoms with Crippen molar-refractivity contribution in [2.24, 2.45) is 23.7 Å². The second kappa shape index (κ2) is 10.1. The Kier molecular flexibility index (Phi) is 6.34. The van der Waals surface area contributed by atoms with E-state index in [9.17, 15) is 19.2 Å². The van der Waals surface area contributed by atoms with E-state index in [4.69, 9.17) is 9.72 Å². The van der Waals surface area contributed by atoms with Crippen LogP contribution < -0.4 is 4.90 Å². The lowest BCUT2D eigenvalue weighted by atomic mass is 9.85. The van der Waals surface area contributed by atoms with Crippen molar-refractivity contribution in [1.82, 2.24) is 4.98 Å². The lowest BCUT2D eigenvalue weighted by molar-refractivity contribution is -0.123. The van der Waals surface area contributed by atoms with Crippen LogP contribution >= 0.6 is 0 Å². The zero-order chi connectivity index (χ0) is 30.0. The van der Waals surface area contributed by atoms with Gasteiger partial charge in [0.1, 0.15) is 0 Å². The molecular formula is C36H30N2O5. The van der Waals surface area contributed by atoms with E-state index in [0.29, 0.717) is 39.0 Å². The number of rotatable bonds is 6. The first-order chi connectivity index (χ1) is 20.7. The maximum absolute atomic E-state index is 13.5. The third-order valence-electron chi connectivity index (χ3n) is 9.14. The molecule has 7 rings (SSSR count). The Bertz CT molecular complexity index is 1830. The molecule has 214 valence electrons. The Balaban J connectivity index is 1.18. The summed E-state index contributed by atoms with van der Waals surface area (Å²) in [6, 6.07) is 21.5. The molecule has 2 amide bonds. The number of hydrogen-bond donors (Lipinski definition) is 0. The van der Waals surface area contributed by atoms with E-state index in [1.165, 1.54) is 4.90 Å². The Hall–Kier alpha value is -4.91. The van der Waals surface area contributed by atoms with Gasteiger partial charge in [-0.2, -0.15) is 0 Å². The number of hydrogen-bond acceptors (Lipinski definition) is 6. The fourth-order valence-electron chi connectivity index (χ4n) is 6.88. The van der Waals surface area contributed by atoms with Gasteiger partial charge in [-0.25, -0.2) is 9.78 Å². The maximum Gasteiger partial charge on any atom is 0.339 e. The number of carbonyl (C=O) groups excluding carboxylic acids is 4. The Morgan fingerprint density at radius 3 is 2.19 bits per heavy atom. The Morgan fingerprint density at radius 1 is 0.884 bits per heavy atom. The van der Waals surface area contributed by atoms with Crippen molar-refractivity contribution in [1.29, 1.82) is 0 Å². The highest BCUT2D eigenvalue weighted by Gasteiger charge is 2.59. The summed E-state index contributed by atoms with van der Waals surface area (Å²) in [5.74, 6) is -1.38. The number of aryl methyl sites for hydroxylation is 2. The van der Waals surface area contributed by atoms with Crippen molar-refractivity contribution < 1.29 is 23.9 Å². The predicted molar refractivity (Wildman–Crippen MR) is 163 cm³/mol. The minimum atomic E-state index is -0.980. The molecular weight excluding hydrogens is 540 g/mol. The number of aromatic nitrogens is 1. The number of allylic oxidation sites excluding steroid dienone is 2. The number of ether oxygens (including phenoxy) is 1. The molecule has 1 aliphatic heterocycles. The molecule has 43 heavy (non-hydrogen) atoms. The van der Waals surface area contributed by atoms with E-state index in [0.717, 1.165) is 17.5 Å². The third-order valence-corrected chi connectivity index (χ3v) is 9.14. The van der Waals surface area contributed by atoms with Crippen LogP contribution in [0.25, 0.3) is 22.2 Å². The Morgan fingerprint density at radius 2 is 1.53 bits per heavy atom. The zero-order valence-corrected chi connectivity index (χ0v) is 24.1. The quantitative estimate of drug-likeness (QED) is 0.118. The molecule has 2 aliphatic carbocycles. The van der Waals surface area contributed by atoms with Gasteiger partial charge in [-0.1, -0.05) is 72.3 Å². The number of nitrogens with zero attached hydrogens (tertiary/aromatic N) is 2. The van der Waals surface area contributed by atoms with Crippen LogP contribution in [0.4, 0.5) is 5.69 Å². The molecule has 1 saturated carbocycles. The molecule has 2 bridgehead atoms. The van der Waals surface area contributed by atoms with E-state index in [1.54, 1.807) is 37.3 Å². The van der Waals surface area contributed by atoms with E-state index in [-0.39, 0.29) is 41.3 Å². The molecule has 0 N–H and O–H groups in total. The first-order valence-corrected chi connectivity index (χ1v) is 14.6. The normalized spacial score (nSPS) is 22.7.